The third kappa shape index (κ3) is 4.84. The molecule has 0 radical (unpaired) electrons. The Morgan fingerprint density at radius 2 is 1.88 bits per heavy atom. The van der Waals surface area contributed by atoms with Gasteiger partial charge in [0.25, 0.3) is 0 Å². The van der Waals surface area contributed by atoms with Crippen molar-refractivity contribution >= 4 is 5.97 Å². The Hall–Kier alpha value is -1.36. The fraction of sp³-hybridized carbons (Fsp3) is 0.800. The number of rotatable bonds is 4. The molecule has 1 aliphatic rings. The number of likely N-dealkylation sites (tertiary alicyclic amines) is 1. The van der Waals surface area contributed by atoms with Gasteiger partial charge in [0.1, 0.15) is 0 Å². The molecule has 0 saturated carbocycles. The second-order valence-corrected chi connectivity index (χ2v) is 9.64. The first-order valence-corrected chi connectivity index (χ1v) is 9.43. The van der Waals surface area contributed by atoms with Gasteiger partial charge in [0.2, 0.25) is 0 Å². The second-order valence-electron chi connectivity index (χ2n) is 9.64. The van der Waals surface area contributed by atoms with Crippen molar-refractivity contribution in [2.45, 2.75) is 73.4 Å². The van der Waals surface area contributed by atoms with E-state index in [-0.39, 0.29) is 16.7 Å². The molecule has 1 aliphatic heterocycles. The molecule has 5 nitrogen and oxygen atoms in total. The summed E-state index contributed by atoms with van der Waals surface area (Å²) in [6.45, 7) is 18.5. The first-order valence-electron chi connectivity index (χ1n) is 9.43. The summed E-state index contributed by atoms with van der Waals surface area (Å²) < 4.78 is 2.00. The molecule has 1 aromatic rings. The summed E-state index contributed by atoms with van der Waals surface area (Å²) >= 11 is 0. The van der Waals surface area contributed by atoms with Gasteiger partial charge in [-0.2, -0.15) is 5.10 Å². The van der Waals surface area contributed by atoms with E-state index in [9.17, 15) is 9.90 Å². The van der Waals surface area contributed by atoms with Gasteiger partial charge in [-0.25, -0.2) is 0 Å². The van der Waals surface area contributed by atoms with E-state index in [0.29, 0.717) is 12.5 Å². The zero-order valence-corrected chi connectivity index (χ0v) is 17.0. The first-order chi connectivity index (χ1) is 11.4. The summed E-state index contributed by atoms with van der Waals surface area (Å²) in [5, 5.41) is 14.3. The Bertz CT molecular complexity index is 607. The van der Waals surface area contributed by atoms with Crippen molar-refractivity contribution in [3.63, 3.8) is 0 Å². The summed E-state index contributed by atoms with van der Waals surface area (Å²) in [4.78, 5) is 14.0. The molecule has 0 aromatic carbocycles. The molecule has 1 saturated heterocycles. The number of aliphatic carboxylic acids is 1. The van der Waals surface area contributed by atoms with Crippen molar-refractivity contribution in [1.29, 1.82) is 0 Å². The number of carboxylic acids is 1. The zero-order chi connectivity index (χ0) is 19.0. The topological polar surface area (TPSA) is 58.4 Å². The molecule has 1 N–H and O–H groups in total. The maximum atomic E-state index is 11.7. The molecule has 5 heteroatoms. The normalized spacial score (nSPS) is 23.0. The van der Waals surface area contributed by atoms with Crippen LogP contribution in [0.3, 0.4) is 0 Å². The van der Waals surface area contributed by atoms with Crippen LogP contribution in [0.4, 0.5) is 0 Å². The Balaban J connectivity index is 2.26. The van der Waals surface area contributed by atoms with Crippen LogP contribution < -0.4 is 0 Å². The smallest absolute Gasteiger partial charge is 0.307 e. The van der Waals surface area contributed by atoms with Crippen LogP contribution >= 0.6 is 0 Å². The second kappa shape index (κ2) is 7.10. The lowest BCUT2D eigenvalue weighted by Crippen LogP contribution is -2.46. The van der Waals surface area contributed by atoms with E-state index in [1.165, 1.54) is 5.56 Å². The molecule has 2 rings (SSSR count). The maximum Gasteiger partial charge on any atom is 0.307 e. The van der Waals surface area contributed by atoms with Gasteiger partial charge in [0.15, 0.2) is 0 Å². The van der Waals surface area contributed by atoms with Gasteiger partial charge >= 0.3 is 5.97 Å². The summed E-state index contributed by atoms with van der Waals surface area (Å²) in [6.07, 6.45) is 2.91. The van der Waals surface area contributed by atoms with Crippen molar-refractivity contribution in [2.24, 2.45) is 17.3 Å². The van der Waals surface area contributed by atoms with Crippen molar-refractivity contribution < 1.29 is 9.90 Å². The summed E-state index contributed by atoms with van der Waals surface area (Å²) in [7, 11) is 0. The van der Waals surface area contributed by atoms with Gasteiger partial charge in [0, 0.05) is 43.4 Å². The van der Waals surface area contributed by atoms with E-state index in [2.05, 4.69) is 59.6 Å². The SMILES string of the molecule is CCn1cc(CN2C[C@H](C(=O)O)C[C@H](C(C)(C)C)C2)c(C(C)(C)C)n1. The van der Waals surface area contributed by atoms with Crippen LogP contribution in [0.1, 0.15) is 66.1 Å². The van der Waals surface area contributed by atoms with E-state index in [4.69, 9.17) is 5.10 Å². The van der Waals surface area contributed by atoms with Gasteiger partial charge < -0.3 is 5.11 Å². The number of aromatic nitrogens is 2. The first kappa shape index (κ1) is 20.0. The summed E-state index contributed by atoms with van der Waals surface area (Å²) in [5.74, 6) is -0.557. The molecular formula is C20H35N3O2. The lowest BCUT2D eigenvalue weighted by molar-refractivity contribution is -0.145. The van der Waals surface area contributed by atoms with Crippen molar-refractivity contribution in [3.05, 3.63) is 17.5 Å². The Labute approximate surface area is 152 Å². The molecule has 0 spiro atoms. The minimum Gasteiger partial charge on any atom is -0.481 e. The molecular weight excluding hydrogens is 314 g/mol. The maximum absolute atomic E-state index is 11.7. The molecule has 0 aliphatic carbocycles. The van der Waals surface area contributed by atoms with Crippen LogP contribution in [0, 0.1) is 17.3 Å². The minimum absolute atomic E-state index is 0.0127. The predicted octanol–water partition coefficient (Wildman–Crippen LogP) is 3.77. The molecule has 25 heavy (non-hydrogen) atoms. The largest absolute Gasteiger partial charge is 0.481 e. The minimum atomic E-state index is -0.667. The highest BCUT2D eigenvalue weighted by Crippen LogP contribution is 2.36. The number of carbonyl (C=O) groups is 1. The van der Waals surface area contributed by atoms with E-state index < -0.39 is 5.97 Å². The van der Waals surface area contributed by atoms with E-state index in [1.807, 2.05) is 4.68 Å². The van der Waals surface area contributed by atoms with E-state index in [0.717, 1.165) is 31.7 Å². The number of nitrogens with zero attached hydrogens (tertiary/aromatic N) is 3. The average Bonchev–Trinajstić information content (AvgIpc) is 2.89. The molecule has 0 amide bonds. The summed E-state index contributed by atoms with van der Waals surface area (Å²) in [5.41, 5.74) is 2.46. The van der Waals surface area contributed by atoms with Gasteiger partial charge in [-0.05, 0) is 24.7 Å². The quantitative estimate of drug-likeness (QED) is 0.899. The van der Waals surface area contributed by atoms with Crippen molar-refractivity contribution in [3.8, 4) is 0 Å². The van der Waals surface area contributed by atoms with Crippen LogP contribution in [-0.2, 0) is 23.3 Å². The molecule has 142 valence electrons. The molecule has 0 bridgehead atoms. The van der Waals surface area contributed by atoms with Gasteiger partial charge in [-0.3, -0.25) is 14.4 Å². The van der Waals surface area contributed by atoms with Gasteiger partial charge in [-0.1, -0.05) is 41.5 Å². The third-order valence-electron chi connectivity index (χ3n) is 5.37. The van der Waals surface area contributed by atoms with Crippen LogP contribution in [0.2, 0.25) is 0 Å². The molecule has 1 fully saturated rings. The standard InChI is InChI=1S/C20H35N3O2/c1-8-23-12-15(17(21-23)20(5,6)7)11-22-10-14(18(24)25)9-16(13-22)19(2,3)4/h12,14,16H,8-11,13H2,1-7H3,(H,24,25)/t14-,16+/m1/s1. The lowest BCUT2D eigenvalue weighted by Gasteiger charge is -2.42. The van der Waals surface area contributed by atoms with Crippen LogP contribution in [0.25, 0.3) is 0 Å². The van der Waals surface area contributed by atoms with Gasteiger partial charge in [0.05, 0.1) is 11.6 Å². The molecule has 2 heterocycles. The fourth-order valence-electron chi connectivity index (χ4n) is 3.74. The predicted molar refractivity (Wildman–Crippen MR) is 101 cm³/mol. The monoisotopic (exact) mass is 349 g/mol. The molecule has 0 unspecified atom stereocenters. The van der Waals surface area contributed by atoms with Crippen LogP contribution in [-0.4, -0.2) is 38.8 Å². The van der Waals surface area contributed by atoms with Crippen LogP contribution in [0.5, 0.6) is 0 Å². The van der Waals surface area contributed by atoms with Crippen molar-refractivity contribution in [1.82, 2.24) is 14.7 Å². The molecule has 2 atom stereocenters. The Morgan fingerprint density at radius 3 is 2.36 bits per heavy atom. The number of aryl methyl sites for hydroxylation is 1. The van der Waals surface area contributed by atoms with E-state index in [1.54, 1.807) is 0 Å². The number of hydrogen-bond acceptors (Lipinski definition) is 3. The summed E-state index contributed by atoms with van der Waals surface area (Å²) in [6, 6.07) is 0. The van der Waals surface area contributed by atoms with Crippen molar-refractivity contribution in [2.75, 3.05) is 13.1 Å². The number of hydrogen-bond donors (Lipinski definition) is 1. The zero-order valence-electron chi connectivity index (χ0n) is 17.0. The van der Waals surface area contributed by atoms with E-state index >= 15 is 0 Å². The number of piperidine rings is 1. The highest BCUT2D eigenvalue weighted by Gasteiger charge is 2.37. The average molecular weight is 350 g/mol. The Kier molecular flexibility index (Phi) is 5.67. The highest BCUT2D eigenvalue weighted by molar-refractivity contribution is 5.70. The lowest BCUT2D eigenvalue weighted by atomic mass is 9.73. The van der Waals surface area contributed by atoms with Crippen LogP contribution in [0.15, 0.2) is 6.20 Å². The van der Waals surface area contributed by atoms with Gasteiger partial charge in [-0.15, -0.1) is 0 Å². The Morgan fingerprint density at radius 1 is 1.24 bits per heavy atom. The third-order valence-corrected chi connectivity index (χ3v) is 5.37. The fourth-order valence-corrected chi connectivity index (χ4v) is 3.74. The highest BCUT2D eigenvalue weighted by atomic mass is 16.4. The molecule has 1 aromatic heterocycles. The number of carboxylic acid groups (broad SMARTS) is 1.